The summed E-state index contributed by atoms with van der Waals surface area (Å²) in [5, 5.41) is 6.26. The van der Waals surface area contributed by atoms with Crippen molar-refractivity contribution in [3.63, 3.8) is 0 Å². The number of hydrogen-bond acceptors (Lipinski definition) is 4. The zero-order valence-electron chi connectivity index (χ0n) is 11.8. The van der Waals surface area contributed by atoms with E-state index in [1.165, 1.54) is 12.8 Å². The molecule has 0 aromatic heterocycles. The van der Waals surface area contributed by atoms with Gasteiger partial charge in [-0.3, -0.25) is 4.79 Å². The van der Waals surface area contributed by atoms with E-state index in [4.69, 9.17) is 0 Å². The van der Waals surface area contributed by atoms with Gasteiger partial charge in [0.15, 0.2) is 9.84 Å². The first kappa shape index (κ1) is 14.5. The molecule has 114 valence electrons. The Morgan fingerprint density at radius 1 is 1.24 bits per heavy atom. The monoisotopic (exact) mass is 308 g/mol. The van der Waals surface area contributed by atoms with Crippen LogP contribution < -0.4 is 10.6 Å². The molecule has 1 atom stereocenters. The summed E-state index contributed by atoms with van der Waals surface area (Å²) in [6, 6.07) is 8.35. The zero-order chi connectivity index (χ0) is 14.9. The number of amides is 1. The van der Waals surface area contributed by atoms with Gasteiger partial charge in [-0.25, -0.2) is 8.42 Å². The van der Waals surface area contributed by atoms with Crippen LogP contribution in [-0.2, 0) is 21.2 Å². The Bertz CT molecular complexity index is 638. The third-order valence-electron chi connectivity index (χ3n) is 3.97. The van der Waals surface area contributed by atoms with Gasteiger partial charge in [0, 0.05) is 18.3 Å². The van der Waals surface area contributed by atoms with Gasteiger partial charge in [-0.2, -0.15) is 0 Å². The van der Waals surface area contributed by atoms with Crippen LogP contribution >= 0.6 is 0 Å². The van der Waals surface area contributed by atoms with E-state index in [1.807, 2.05) is 24.3 Å². The van der Waals surface area contributed by atoms with Gasteiger partial charge >= 0.3 is 0 Å². The Morgan fingerprint density at radius 3 is 2.71 bits per heavy atom. The molecule has 2 aliphatic rings. The summed E-state index contributed by atoms with van der Waals surface area (Å²) in [4.78, 5) is 12.1. The molecule has 0 spiro atoms. The summed E-state index contributed by atoms with van der Waals surface area (Å²) in [7, 11) is -3.02. The SMILES string of the molecule is O=C(Nc1cccc(CNC2CC2)c1)C1CCS(=O)(=O)C1. The standard InChI is InChI=1S/C15H20N2O3S/c18-15(12-6-7-21(19,20)10-12)17-14-3-1-2-11(8-14)9-16-13-4-5-13/h1-3,8,12-13,16H,4-7,9-10H2,(H,17,18). The fourth-order valence-corrected chi connectivity index (χ4v) is 4.30. The Hall–Kier alpha value is -1.40. The largest absolute Gasteiger partial charge is 0.326 e. The molecule has 2 N–H and O–H groups in total. The van der Waals surface area contributed by atoms with Crippen molar-refractivity contribution in [3.8, 4) is 0 Å². The van der Waals surface area contributed by atoms with Gasteiger partial charge in [0.25, 0.3) is 0 Å². The number of sulfone groups is 1. The highest BCUT2D eigenvalue weighted by molar-refractivity contribution is 7.91. The van der Waals surface area contributed by atoms with Crippen molar-refractivity contribution in [2.24, 2.45) is 5.92 Å². The summed E-state index contributed by atoms with van der Waals surface area (Å²) in [6.45, 7) is 0.798. The summed E-state index contributed by atoms with van der Waals surface area (Å²) < 4.78 is 22.8. The first-order valence-corrected chi connectivity index (χ1v) is 9.17. The molecule has 5 nitrogen and oxygen atoms in total. The smallest absolute Gasteiger partial charge is 0.228 e. The van der Waals surface area contributed by atoms with Gasteiger partial charge in [-0.15, -0.1) is 0 Å². The normalized spacial score (nSPS) is 23.9. The molecule has 1 unspecified atom stereocenters. The Labute approximate surface area is 125 Å². The van der Waals surface area contributed by atoms with Crippen molar-refractivity contribution < 1.29 is 13.2 Å². The molecule has 1 aromatic rings. The van der Waals surface area contributed by atoms with Gasteiger partial charge in [0.05, 0.1) is 17.4 Å². The molecule has 0 radical (unpaired) electrons. The fourth-order valence-electron chi connectivity index (χ4n) is 2.55. The second-order valence-electron chi connectivity index (χ2n) is 5.94. The number of hydrogen-bond donors (Lipinski definition) is 2. The maximum atomic E-state index is 12.1. The second kappa shape index (κ2) is 5.77. The number of carbonyl (C=O) groups is 1. The molecule has 6 heteroatoms. The van der Waals surface area contributed by atoms with Crippen molar-refractivity contribution in [3.05, 3.63) is 29.8 Å². The summed E-state index contributed by atoms with van der Waals surface area (Å²) >= 11 is 0. The van der Waals surface area contributed by atoms with E-state index in [0.29, 0.717) is 12.5 Å². The van der Waals surface area contributed by atoms with E-state index in [1.54, 1.807) is 0 Å². The predicted molar refractivity (Wildman–Crippen MR) is 81.7 cm³/mol. The molecule has 1 saturated heterocycles. The number of benzene rings is 1. The summed E-state index contributed by atoms with van der Waals surface area (Å²) in [5.41, 5.74) is 1.86. The van der Waals surface area contributed by atoms with Crippen LogP contribution in [0.25, 0.3) is 0 Å². The van der Waals surface area contributed by atoms with Gasteiger partial charge in [-0.1, -0.05) is 12.1 Å². The fraction of sp³-hybridized carbons (Fsp3) is 0.533. The Kier molecular flexibility index (Phi) is 3.99. The highest BCUT2D eigenvalue weighted by atomic mass is 32.2. The maximum absolute atomic E-state index is 12.1. The highest BCUT2D eigenvalue weighted by Gasteiger charge is 2.32. The minimum Gasteiger partial charge on any atom is -0.326 e. The molecule has 1 saturated carbocycles. The van der Waals surface area contributed by atoms with E-state index in [-0.39, 0.29) is 17.4 Å². The van der Waals surface area contributed by atoms with Crippen molar-refractivity contribution in [2.45, 2.75) is 31.8 Å². The predicted octanol–water partition coefficient (Wildman–Crippen LogP) is 1.31. The molecule has 21 heavy (non-hydrogen) atoms. The molecule has 1 aliphatic carbocycles. The maximum Gasteiger partial charge on any atom is 0.228 e. The lowest BCUT2D eigenvalue weighted by Crippen LogP contribution is -2.23. The minimum atomic E-state index is -3.02. The van der Waals surface area contributed by atoms with Crippen molar-refractivity contribution in [1.82, 2.24) is 5.32 Å². The zero-order valence-corrected chi connectivity index (χ0v) is 12.7. The summed E-state index contributed by atoms with van der Waals surface area (Å²) in [6.07, 6.45) is 2.91. The quantitative estimate of drug-likeness (QED) is 0.860. The van der Waals surface area contributed by atoms with Crippen LogP contribution in [0.1, 0.15) is 24.8 Å². The van der Waals surface area contributed by atoms with Gasteiger partial charge < -0.3 is 10.6 Å². The van der Waals surface area contributed by atoms with E-state index < -0.39 is 15.8 Å². The lowest BCUT2D eigenvalue weighted by atomic mass is 10.1. The average Bonchev–Trinajstić information content (AvgIpc) is 3.19. The van der Waals surface area contributed by atoms with E-state index in [9.17, 15) is 13.2 Å². The van der Waals surface area contributed by atoms with Crippen LogP contribution in [0.15, 0.2) is 24.3 Å². The number of carbonyl (C=O) groups excluding carboxylic acids is 1. The third kappa shape index (κ3) is 4.04. The Balaban J connectivity index is 1.58. The minimum absolute atomic E-state index is 0.0260. The van der Waals surface area contributed by atoms with Gasteiger partial charge in [0.1, 0.15) is 0 Å². The van der Waals surface area contributed by atoms with Crippen molar-refractivity contribution >= 4 is 21.4 Å². The topological polar surface area (TPSA) is 75.3 Å². The van der Waals surface area contributed by atoms with Crippen LogP contribution in [-0.4, -0.2) is 31.9 Å². The lowest BCUT2D eigenvalue weighted by molar-refractivity contribution is -0.119. The second-order valence-corrected chi connectivity index (χ2v) is 8.17. The van der Waals surface area contributed by atoms with E-state index in [0.717, 1.165) is 17.8 Å². The van der Waals surface area contributed by atoms with Crippen LogP contribution in [0.2, 0.25) is 0 Å². The lowest BCUT2D eigenvalue weighted by Gasteiger charge is -2.11. The molecule has 2 fully saturated rings. The van der Waals surface area contributed by atoms with Crippen LogP contribution in [0.3, 0.4) is 0 Å². The van der Waals surface area contributed by atoms with Crippen LogP contribution in [0, 0.1) is 5.92 Å². The molecule has 1 aromatic carbocycles. The number of anilines is 1. The van der Waals surface area contributed by atoms with Crippen LogP contribution in [0.5, 0.6) is 0 Å². The molecule has 1 aliphatic heterocycles. The third-order valence-corrected chi connectivity index (χ3v) is 5.74. The summed E-state index contributed by atoms with van der Waals surface area (Å²) in [5.74, 6) is -0.510. The Morgan fingerprint density at radius 2 is 2.05 bits per heavy atom. The molecule has 0 bridgehead atoms. The first-order chi connectivity index (χ1) is 10.0. The molecular formula is C15H20N2O3S. The van der Waals surface area contributed by atoms with Gasteiger partial charge in [0.2, 0.25) is 5.91 Å². The highest BCUT2D eigenvalue weighted by Crippen LogP contribution is 2.22. The number of rotatable bonds is 5. The molecule has 3 rings (SSSR count). The molecule has 1 heterocycles. The van der Waals surface area contributed by atoms with Crippen molar-refractivity contribution in [1.29, 1.82) is 0 Å². The van der Waals surface area contributed by atoms with Crippen molar-refractivity contribution in [2.75, 3.05) is 16.8 Å². The molecule has 1 amide bonds. The molecular weight excluding hydrogens is 288 g/mol. The van der Waals surface area contributed by atoms with E-state index in [2.05, 4.69) is 10.6 Å². The van der Waals surface area contributed by atoms with Gasteiger partial charge in [-0.05, 0) is 37.0 Å². The van der Waals surface area contributed by atoms with Crippen LogP contribution in [0.4, 0.5) is 5.69 Å². The first-order valence-electron chi connectivity index (χ1n) is 7.35. The van der Waals surface area contributed by atoms with E-state index >= 15 is 0 Å². The number of nitrogens with one attached hydrogen (secondary N) is 2. The average molecular weight is 308 g/mol.